The molecule has 0 saturated carbocycles. The highest BCUT2D eigenvalue weighted by Gasteiger charge is 2.23. The topological polar surface area (TPSA) is 78.7 Å². The van der Waals surface area contributed by atoms with Crippen LogP contribution in [0.5, 0.6) is 0 Å². The van der Waals surface area contributed by atoms with E-state index in [0.717, 1.165) is 48.3 Å². The second-order valence-corrected chi connectivity index (χ2v) is 7.80. The van der Waals surface area contributed by atoms with E-state index in [2.05, 4.69) is 23.3 Å². The van der Waals surface area contributed by atoms with Crippen LogP contribution in [0, 0.1) is 5.92 Å². The SMILES string of the molecule is CN1CCC(C(=O)Nc2ccc(-c3cccc(CN(C)C(=O)CN)c3)cc2)CC1. The summed E-state index contributed by atoms with van der Waals surface area (Å²) < 4.78 is 0. The van der Waals surface area contributed by atoms with Crippen LogP contribution in [-0.2, 0) is 16.1 Å². The summed E-state index contributed by atoms with van der Waals surface area (Å²) in [5.41, 5.74) is 9.44. The van der Waals surface area contributed by atoms with Crippen LogP contribution >= 0.6 is 0 Å². The molecule has 0 atom stereocenters. The Labute approximate surface area is 172 Å². The lowest BCUT2D eigenvalue weighted by Crippen LogP contribution is -2.35. The number of hydrogen-bond donors (Lipinski definition) is 2. The summed E-state index contributed by atoms with van der Waals surface area (Å²) in [7, 11) is 3.85. The number of hydrogen-bond acceptors (Lipinski definition) is 4. The van der Waals surface area contributed by atoms with Crippen molar-refractivity contribution in [2.75, 3.05) is 39.0 Å². The fraction of sp³-hybridized carbons (Fsp3) is 0.391. The maximum absolute atomic E-state index is 12.5. The average molecular weight is 395 g/mol. The van der Waals surface area contributed by atoms with Crippen molar-refractivity contribution in [1.82, 2.24) is 9.80 Å². The number of nitrogens with one attached hydrogen (secondary N) is 1. The second kappa shape index (κ2) is 9.67. The minimum absolute atomic E-state index is 0.0148. The number of anilines is 1. The molecule has 154 valence electrons. The number of carbonyl (C=O) groups excluding carboxylic acids is 2. The molecule has 3 N–H and O–H groups in total. The molecular formula is C23H30N4O2. The monoisotopic (exact) mass is 394 g/mol. The summed E-state index contributed by atoms with van der Waals surface area (Å²) in [4.78, 5) is 28.1. The number of carbonyl (C=O) groups is 2. The number of likely N-dealkylation sites (N-methyl/N-ethyl adjacent to an activating group) is 1. The molecule has 3 rings (SSSR count). The van der Waals surface area contributed by atoms with Gasteiger partial charge in [0.05, 0.1) is 6.54 Å². The van der Waals surface area contributed by atoms with Crippen LogP contribution in [0.2, 0.25) is 0 Å². The Morgan fingerprint density at radius 2 is 1.79 bits per heavy atom. The predicted molar refractivity (Wildman–Crippen MR) is 116 cm³/mol. The van der Waals surface area contributed by atoms with Crippen LogP contribution in [0.15, 0.2) is 48.5 Å². The molecule has 1 fully saturated rings. The lowest BCUT2D eigenvalue weighted by molar-refractivity contribution is -0.128. The predicted octanol–water partition coefficient (Wildman–Crippen LogP) is 2.55. The first-order valence-electron chi connectivity index (χ1n) is 10.1. The third-order valence-corrected chi connectivity index (χ3v) is 5.52. The van der Waals surface area contributed by atoms with E-state index in [4.69, 9.17) is 5.73 Å². The highest BCUT2D eigenvalue weighted by atomic mass is 16.2. The summed E-state index contributed by atoms with van der Waals surface area (Å²) in [5.74, 6) is 0.122. The van der Waals surface area contributed by atoms with Gasteiger partial charge in [0.25, 0.3) is 0 Å². The number of nitrogens with two attached hydrogens (primary N) is 1. The largest absolute Gasteiger partial charge is 0.340 e. The molecule has 1 aliphatic heterocycles. The molecule has 0 unspecified atom stereocenters. The number of nitrogens with zero attached hydrogens (tertiary/aromatic N) is 2. The van der Waals surface area contributed by atoms with Gasteiger partial charge in [0.2, 0.25) is 11.8 Å². The molecule has 2 amide bonds. The van der Waals surface area contributed by atoms with E-state index < -0.39 is 0 Å². The lowest BCUT2D eigenvalue weighted by atomic mass is 9.96. The molecule has 1 heterocycles. The van der Waals surface area contributed by atoms with Crippen molar-refractivity contribution in [2.24, 2.45) is 11.7 Å². The van der Waals surface area contributed by atoms with Crippen LogP contribution < -0.4 is 11.1 Å². The zero-order chi connectivity index (χ0) is 20.8. The smallest absolute Gasteiger partial charge is 0.236 e. The summed E-state index contributed by atoms with van der Waals surface area (Å²) in [6.07, 6.45) is 1.82. The van der Waals surface area contributed by atoms with Crippen molar-refractivity contribution in [3.05, 3.63) is 54.1 Å². The van der Waals surface area contributed by atoms with Gasteiger partial charge in [0, 0.05) is 25.2 Å². The molecule has 2 aromatic carbocycles. The minimum Gasteiger partial charge on any atom is -0.340 e. The van der Waals surface area contributed by atoms with Gasteiger partial charge in [-0.15, -0.1) is 0 Å². The van der Waals surface area contributed by atoms with E-state index in [1.54, 1.807) is 11.9 Å². The Kier molecular flexibility index (Phi) is 7.01. The molecule has 0 radical (unpaired) electrons. The van der Waals surface area contributed by atoms with Crippen molar-refractivity contribution in [1.29, 1.82) is 0 Å². The van der Waals surface area contributed by atoms with Crippen LogP contribution in [0.25, 0.3) is 11.1 Å². The van der Waals surface area contributed by atoms with Gasteiger partial charge in [0.1, 0.15) is 0 Å². The van der Waals surface area contributed by atoms with Gasteiger partial charge >= 0.3 is 0 Å². The molecule has 6 heteroatoms. The number of piperidine rings is 1. The fourth-order valence-electron chi connectivity index (χ4n) is 3.63. The first-order valence-corrected chi connectivity index (χ1v) is 10.1. The van der Waals surface area contributed by atoms with Crippen molar-refractivity contribution in [2.45, 2.75) is 19.4 Å². The quantitative estimate of drug-likeness (QED) is 0.789. The zero-order valence-corrected chi connectivity index (χ0v) is 17.2. The Morgan fingerprint density at radius 3 is 2.45 bits per heavy atom. The van der Waals surface area contributed by atoms with Crippen molar-refractivity contribution in [3.8, 4) is 11.1 Å². The van der Waals surface area contributed by atoms with Gasteiger partial charge < -0.3 is 20.9 Å². The molecule has 0 bridgehead atoms. The summed E-state index contributed by atoms with van der Waals surface area (Å²) in [6.45, 7) is 2.48. The number of amides is 2. The molecule has 1 saturated heterocycles. The van der Waals surface area contributed by atoms with E-state index in [1.165, 1.54) is 0 Å². The molecule has 0 aromatic heterocycles. The Bertz CT molecular complexity index is 842. The molecule has 29 heavy (non-hydrogen) atoms. The number of likely N-dealkylation sites (tertiary alicyclic amines) is 1. The second-order valence-electron chi connectivity index (χ2n) is 7.80. The minimum atomic E-state index is -0.0832. The van der Waals surface area contributed by atoms with Crippen LogP contribution in [-0.4, -0.2) is 55.3 Å². The van der Waals surface area contributed by atoms with E-state index in [0.29, 0.717) is 6.54 Å². The van der Waals surface area contributed by atoms with Crippen molar-refractivity contribution < 1.29 is 9.59 Å². The maximum atomic E-state index is 12.5. The highest BCUT2D eigenvalue weighted by molar-refractivity contribution is 5.92. The van der Waals surface area contributed by atoms with Crippen LogP contribution in [0.4, 0.5) is 5.69 Å². The summed E-state index contributed by atoms with van der Waals surface area (Å²) in [5, 5.41) is 3.05. The third kappa shape index (κ3) is 5.65. The van der Waals surface area contributed by atoms with Gasteiger partial charge in [-0.3, -0.25) is 9.59 Å². The fourth-order valence-corrected chi connectivity index (χ4v) is 3.63. The normalized spacial score (nSPS) is 15.1. The van der Waals surface area contributed by atoms with E-state index in [1.807, 2.05) is 42.5 Å². The van der Waals surface area contributed by atoms with Gasteiger partial charge in [-0.25, -0.2) is 0 Å². The molecule has 0 spiro atoms. The van der Waals surface area contributed by atoms with Gasteiger partial charge in [0.15, 0.2) is 0 Å². The maximum Gasteiger partial charge on any atom is 0.236 e. The zero-order valence-electron chi connectivity index (χ0n) is 17.2. The van der Waals surface area contributed by atoms with E-state index >= 15 is 0 Å². The van der Waals surface area contributed by atoms with Crippen molar-refractivity contribution in [3.63, 3.8) is 0 Å². The van der Waals surface area contributed by atoms with E-state index in [-0.39, 0.29) is 24.3 Å². The Balaban J connectivity index is 1.63. The van der Waals surface area contributed by atoms with Crippen molar-refractivity contribution >= 4 is 17.5 Å². The Hall–Kier alpha value is -2.70. The average Bonchev–Trinajstić information content (AvgIpc) is 2.74. The molecule has 6 nitrogen and oxygen atoms in total. The number of benzene rings is 2. The molecule has 1 aliphatic rings. The third-order valence-electron chi connectivity index (χ3n) is 5.52. The summed E-state index contributed by atoms with van der Waals surface area (Å²) >= 11 is 0. The first kappa shape index (κ1) is 21.0. The lowest BCUT2D eigenvalue weighted by Gasteiger charge is -2.28. The van der Waals surface area contributed by atoms with Gasteiger partial charge in [-0.2, -0.15) is 0 Å². The Morgan fingerprint density at radius 1 is 1.10 bits per heavy atom. The molecule has 0 aliphatic carbocycles. The van der Waals surface area contributed by atoms with Gasteiger partial charge in [-0.05, 0) is 67.9 Å². The number of rotatable bonds is 6. The van der Waals surface area contributed by atoms with Crippen LogP contribution in [0.3, 0.4) is 0 Å². The molecular weight excluding hydrogens is 364 g/mol. The van der Waals surface area contributed by atoms with Gasteiger partial charge in [-0.1, -0.05) is 30.3 Å². The standard InChI is InChI=1S/C23H30N4O2/c1-26-12-10-19(11-13-26)23(29)25-21-8-6-18(7-9-21)20-5-3-4-17(14-20)16-27(2)22(28)15-24/h3-9,14,19H,10-13,15-16,24H2,1-2H3,(H,25,29). The molecule has 2 aromatic rings. The summed E-state index contributed by atoms with van der Waals surface area (Å²) in [6, 6.07) is 16.0. The first-order chi connectivity index (χ1) is 14.0. The highest BCUT2D eigenvalue weighted by Crippen LogP contribution is 2.24. The van der Waals surface area contributed by atoms with E-state index in [9.17, 15) is 9.59 Å². The van der Waals surface area contributed by atoms with Crippen LogP contribution in [0.1, 0.15) is 18.4 Å².